The second-order valence-corrected chi connectivity index (χ2v) is 5.20. The highest BCUT2D eigenvalue weighted by molar-refractivity contribution is 5.79. The van der Waals surface area contributed by atoms with E-state index < -0.39 is 0 Å². The van der Waals surface area contributed by atoms with Crippen molar-refractivity contribution in [3.05, 3.63) is 52.8 Å². The molecule has 1 amide bonds. The van der Waals surface area contributed by atoms with Crippen LogP contribution in [-0.2, 0) is 18.3 Å². The number of benzene rings is 1. The fraction of sp³-hybridized carbons (Fsp3) is 0.375. The van der Waals surface area contributed by atoms with Crippen LogP contribution in [0.25, 0.3) is 0 Å². The molecule has 1 N–H and O–H groups in total. The first kappa shape index (κ1) is 14.3. The molecule has 0 aliphatic rings. The second kappa shape index (κ2) is 5.90. The van der Waals surface area contributed by atoms with E-state index >= 15 is 0 Å². The minimum atomic E-state index is -0.0276. The molecule has 1 atom stereocenters. The van der Waals surface area contributed by atoms with E-state index in [9.17, 15) is 4.79 Å². The number of hydrogen-bond donors (Lipinski definition) is 1. The Kier molecular flexibility index (Phi) is 4.23. The summed E-state index contributed by atoms with van der Waals surface area (Å²) in [6.45, 7) is 6.02. The molecule has 2 aromatic rings. The third kappa shape index (κ3) is 3.07. The Labute approximate surface area is 119 Å². The maximum absolute atomic E-state index is 12.1. The highest BCUT2D eigenvalue weighted by Gasteiger charge is 2.15. The van der Waals surface area contributed by atoms with Crippen molar-refractivity contribution < 1.29 is 4.79 Å². The molecule has 1 heterocycles. The molecule has 0 radical (unpaired) electrons. The van der Waals surface area contributed by atoms with Gasteiger partial charge in [-0.25, -0.2) is 0 Å². The molecule has 1 aromatic heterocycles. The molecule has 0 saturated heterocycles. The average molecular weight is 271 g/mol. The van der Waals surface area contributed by atoms with Gasteiger partial charge in [0, 0.05) is 18.3 Å². The van der Waals surface area contributed by atoms with Gasteiger partial charge in [0.1, 0.15) is 0 Å². The molecule has 0 aliphatic heterocycles. The van der Waals surface area contributed by atoms with E-state index in [-0.39, 0.29) is 11.9 Å². The maximum atomic E-state index is 12.1. The van der Waals surface area contributed by atoms with Crippen LogP contribution in [-0.4, -0.2) is 15.7 Å². The van der Waals surface area contributed by atoms with Gasteiger partial charge >= 0.3 is 0 Å². The highest BCUT2D eigenvalue weighted by Crippen LogP contribution is 2.16. The van der Waals surface area contributed by atoms with E-state index in [2.05, 4.69) is 10.4 Å². The van der Waals surface area contributed by atoms with Crippen molar-refractivity contribution >= 4 is 5.91 Å². The van der Waals surface area contributed by atoms with Crippen LogP contribution in [0.4, 0.5) is 0 Å². The first-order chi connectivity index (χ1) is 9.49. The Balaban J connectivity index is 2.02. The van der Waals surface area contributed by atoms with Gasteiger partial charge < -0.3 is 5.32 Å². The van der Waals surface area contributed by atoms with E-state index in [1.54, 1.807) is 0 Å². The van der Waals surface area contributed by atoms with Gasteiger partial charge in [0.25, 0.3) is 0 Å². The van der Waals surface area contributed by atoms with E-state index in [1.807, 2.05) is 63.0 Å². The van der Waals surface area contributed by atoms with Gasteiger partial charge in [-0.05, 0) is 31.9 Å². The molecule has 20 heavy (non-hydrogen) atoms. The molecule has 0 aliphatic carbocycles. The normalized spacial score (nSPS) is 12.2. The van der Waals surface area contributed by atoms with Crippen LogP contribution < -0.4 is 5.32 Å². The molecule has 4 nitrogen and oxygen atoms in total. The van der Waals surface area contributed by atoms with E-state index in [1.165, 1.54) is 0 Å². The monoisotopic (exact) mass is 271 g/mol. The fourth-order valence-electron chi connectivity index (χ4n) is 2.29. The van der Waals surface area contributed by atoms with Gasteiger partial charge in [-0.2, -0.15) is 5.10 Å². The molecular weight excluding hydrogens is 250 g/mol. The smallest absolute Gasteiger partial charge is 0.224 e. The molecule has 0 fully saturated rings. The Morgan fingerprint density at radius 1 is 1.35 bits per heavy atom. The van der Waals surface area contributed by atoms with Crippen molar-refractivity contribution in [2.45, 2.75) is 33.2 Å². The predicted octanol–water partition coefficient (Wildman–Crippen LogP) is 2.46. The van der Waals surface area contributed by atoms with Crippen molar-refractivity contribution in [2.75, 3.05) is 0 Å². The lowest BCUT2D eigenvalue weighted by Gasteiger charge is -2.14. The molecule has 0 unspecified atom stereocenters. The zero-order valence-electron chi connectivity index (χ0n) is 12.5. The van der Waals surface area contributed by atoms with Crippen molar-refractivity contribution in [2.24, 2.45) is 7.05 Å². The molecule has 2 rings (SSSR count). The minimum Gasteiger partial charge on any atom is -0.349 e. The molecule has 0 saturated carbocycles. The van der Waals surface area contributed by atoms with Gasteiger partial charge in [0.05, 0.1) is 18.7 Å². The number of nitrogens with one attached hydrogen (secondary N) is 1. The van der Waals surface area contributed by atoms with Gasteiger partial charge in [0.2, 0.25) is 5.91 Å². The van der Waals surface area contributed by atoms with E-state index in [0.29, 0.717) is 6.42 Å². The summed E-state index contributed by atoms with van der Waals surface area (Å²) in [5, 5.41) is 7.24. The zero-order chi connectivity index (χ0) is 14.7. The summed E-state index contributed by atoms with van der Waals surface area (Å²) in [5.41, 5.74) is 4.35. The second-order valence-electron chi connectivity index (χ2n) is 5.20. The van der Waals surface area contributed by atoms with Crippen LogP contribution >= 0.6 is 0 Å². The Morgan fingerprint density at radius 3 is 2.65 bits per heavy atom. The summed E-state index contributed by atoms with van der Waals surface area (Å²) >= 11 is 0. The van der Waals surface area contributed by atoms with Crippen LogP contribution in [0.3, 0.4) is 0 Å². The number of amides is 1. The molecule has 106 valence electrons. The molecule has 4 heteroatoms. The fourth-order valence-corrected chi connectivity index (χ4v) is 2.29. The standard InChI is InChI=1S/C16H21N3O/c1-11-7-5-6-8-14(11)9-16(20)18-12(2)15-10-17-19(4)13(15)3/h5-8,10,12H,9H2,1-4H3,(H,18,20)/t12-/m0/s1. The minimum absolute atomic E-state index is 0.0276. The van der Waals surface area contributed by atoms with Crippen molar-refractivity contribution in [3.8, 4) is 0 Å². The summed E-state index contributed by atoms with van der Waals surface area (Å²) < 4.78 is 1.82. The molecule has 1 aromatic carbocycles. The number of carbonyl (C=O) groups is 1. The summed E-state index contributed by atoms with van der Waals surface area (Å²) in [4.78, 5) is 12.1. The zero-order valence-corrected chi connectivity index (χ0v) is 12.5. The third-order valence-electron chi connectivity index (χ3n) is 3.73. The van der Waals surface area contributed by atoms with E-state index in [4.69, 9.17) is 0 Å². The lowest BCUT2D eigenvalue weighted by atomic mass is 10.0. The summed E-state index contributed by atoms with van der Waals surface area (Å²) in [5.74, 6) is 0.0371. The van der Waals surface area contributed by atoms with E-state index in [0.717, 1.165) is 22.4 Å². The average Bonchev–Trinajstić information content (AvgIpc) is 2.73. The lowest BCUT2D eigenvalue weighted by Crippen LogP contribution is -2.28. The summed E-state index contributed by atoms with van der Waals surface area (Å²) in [6.07, 6.45) is 2.23. The van der Waals surface area contributed by atoms with Gasteiger partial charge in [-0.1, -0.05) is 24.3 Å². The summed E-state index contributed by atoms with van der Waals surface area (Å²) in [7, 11) is 1.90. The number of aryl methyl sites for hydroxylation is 2. The quantitative estimate of drug-likeness (QED) is 0.928. The SMILES string of the molecule is Cc1ccccc1CC(=O)N[C@@H](C)c1cnn(C)c1C. The number of rotatable bonds is 4. The van der Waals surface area contributed by atoms with Crippen LogP contribution in [0.5, 0.6) is 0 Å². The van der Waals surface area contributed by atoms with Crippen LogP contribution in [0.1, 0.15) is 35.3 Å². The van der Waals surface area contributed by atoms with Gasteiger partial charge in [-0.15, -0.1) is 0 Å². The highest BCUT2D eigenvalue weighted by atomic mass is 16.1. The maximum Gasteiger partial charge on any atom is 0.224 e. The van der Waals surface area contributed by atoms with Crippen LogP contribution in [0, 0.1) is 13.8 Å². The van der Waals surface area contributed by atoms with Crippen LogP contribution in [0.15, 0.2) is 30.5 Å². The molecule has 0 spiro atoms. The number of hydrogen-bond acceptors (Lipinski definition) is 2. The molecule has 0 bridgehead atoms. The number of nitrogens with zero attached hydrogens (tertiary/aromatic N) is 2. The van der Waals surface area contributed by atoms with Crippen molar-refractivity contribution in [1.82, 2.24) is 15.1 Å². The number of aromatic nitrogens is 2. The largest absolute Gasteiger partial charge is 0.349 e. The van der Waals surface area contributed by atoms with Crippen LogP contribution in [0.2, 0.25) is 0 Å². The Bertz CT molecular complexity index is 616. The van der Waals surface area contributed by atoms with Gasteiger partial charge in [0.15, 0.2) is 0 Å². The van der Waals surface area contributed by atoms with Gasteiger partial charge in [-0.3, -0.25) is 9.48 Å². The topological polar surface area (TPSA) is 46.9 Å². The first-order valence-electron chi connectivity index (χ1n) is 6.81. The predicted molar refractivity (Wildman–Crippen MR) is 79.4 cm³/mol. The molecular formula is C16H21N3O. The van der Waals surface area contributed by atoms with Crippen molar-refractivity contribution in [3.63, 3.8) is 0 Å². The Morgan fingerprint density at radius 2 is 2.05 bits per heavy atom. The third-order valence-corrected chi connectivity index (χ3v) is 3.73. The summed E-state index contributed by atoms with van der Waals surface area (Å²) in [6, 6.07) is 7.94. The first-order valence-corrected chi connectivity index (χ1v) is 6.81. The lowest BCUT2D eigenvalue weighted by molar-refractivity contribution is -0.121. The number of carbonyl (C=O) groups excluding carboxylic acids is 1. The van der Waals surface area contributed by atoms with Crippen molar-refractivity contribution in [1.29, 1.82) is 0 Å². The Hall–Kier alpha value is -2.10.